The highest BCUT2D eigenvalue weighted by Gasteiger charge is 1.99. The summed E-state index contributed by atoms with van der Waals surface area (Å²) in [5, 5.41) is 0. The van der Waals surface area contributed by atoms with Gasteiger partial charge in [-0.1, -0.05) is 0 Å². The fourth-order valence-corrected chi connectivity index (χ4v) is 0.888. The van der Waals surface area contributed by atoms with Gasteiger partial charge in [0.1, 0.15) is 0 Å². The number of nitrogens with one attached hydrogen (secondary N) is 1. The Morgan fingerprint density at radius 2 is 1.71 bits per heavy atom. The van der Waals surface area contributed by atoms with Crippen molar-refractivity contribution in [3.05, 3.63) is 29.8 Å². The first kappa shape index (κ1) is 10.2. The Kier molecular flexibility index (Phi) is 3.23. The van der Waals surface area contributed by atoms with Gasteiger partial charge in [0.05, 0.1) is 0 Å². The van der Waals surface area contributed by atoms with Crippen molar-refractivity contribution in [1.29, 1.82) is 0 Å². The number of hydrogen-bond donors (Lipinski definition) is 1. The molecule has 1 aromatic rings. The molecule has 0 aliphatic heterocycles. The van der Waals surface area contributed by atoms with Crippen molar-refractivity contribution in [2.75, 3.05) is 0 Å². The second kappa shape index (κ2) is 4.41. The van der Waals surface area contributed by atoms with Crippen LogP contribution in [-0.2, 0) is 4.79 Å². The third-order valence-corrected chi connectivity index (χ3v) is 1.57. The lowest BCUT2D eigenvalue weighted by Crippen LogP contribution is -2.23. The maximum atomic E-state index is 10.9. The van der Waals surface area contributed by atoms with Gasteiger partial charge in [0, 0.05) is 12.5 Å². The molecule has 1 aromatic carbocycles. The predicted octanol–water partition coefficient (Wildman–Crippen LogP) is 1.32. The Hall–Kier alpha value is -1.84. The van der Waals surface area contributed by atoms with E-state index in [9.17, 15) is 9.59 Å². The van der Waals surface area contributed by atoms with Crippen LogP contribution in [-0.4, -0.2) is 11.7 Å². The highest BCUT2D eigenvalue weighted by molar-refractivity contribution is 5.94. The smallest absolute Gasteiger partial charge is 0.249 e. The molecule has 4 heteroatoms. The van der Waals surface area contributed by atoms with Gasteiger partial charge in [-0.15, -0.1) is 0 Å². The average molecular weight is 193 g/mol. The van der Waals surface area contributed by atoms with Crippen LogP contribution in [0.3, 0.4) is 0 Å². The summed E-state index contributed by atoms with van der Waals surface area (Å²) >= 11 is 0. The first-order chi connectivity index (χ1) is 6.59. The SMILES string of the molecule is CC(=O)NOc1ccc(C(C)=O)cc1. The first-order valence-electron chi connectivity index (χ1n) is 4.14. The van der Waals surface area contributed by atoms with Crippen molar-refractivity contribution in [2.24, 2.45) is 0 Å². The molecule has 0 aliphatic rings. The summed E-state index contributed by atoms with van der Waals surface area (Å²) in [4.78, 5) is 26.3. The molecule has 74 valence electrons. The third-order valence-electron chi connectivity index (χ3n) is 1.57. The number of carbonyl (C=O) groups excluding carboxylic acids is 2. The number of amides is 1. The molecule has 0 heterocycles. The minimum absolute atomic E-state index is 0.00363. The summed E-state index contributed by atoms with van der Waals surface area (Å²) in [6.45, 7) is 2.84. The topological polar surface area (TPSA) is 55.4 Å². The third kappa shape index (κ3) is 2.90. The number of ketones is 1. The minimum Gasteiger partial charge on any atom is -0.380 e. The molecule has 0 saturated heterocycles. The van der Waals surface area contributed by atoms with E-state index in [-0.39, 0.29) is 11.7 Å². The second-order valence-electron chi connectivity index (χ2n) is 2.84. The Morgan fingerprint density at radius 3 is 2.14 bits per heavy atom. The van der Waals surface area contributed by atoms with Gasteiger partial charge in [-0.05, 0) is 31.2 Å². The summed E-state index contributed by atoms with van der Waals surface area (Å²) in [5.41, 5.74) is 2.80. The van der Waals surface area contributed by atoms with Gasteiger partial charge in [0.15, 0.2) is 11.5 Å². The summed E-state index contributed by atoms with van der Waals surface area (Å²) in [6, 6.07) is 6.51. The molecule has 4 nitrogen and oxygen atoms in total. The Bertz CT molecular complexity index is 343. The van der Waals surface area contributed by atoms with Crippen LogP contribution in [0.1, 0.15) is 24.2 Å². The Morgan fingerprint density at radius 1 is 1.14 bits per heavy atom. The fourth-order valence-electron chi connectivity index (χ4n) is 0.888. The maximum absolute atomic E-state index is 10.9. The molecule has 0 radical (unpaired) electrons. The van der Waals surface area contributed by atoms with E-state index in [4.69, 9.17) is 4.84 Å². The summed E-state index contributed by atoms with van der Waals surface area (Å²) < 4.78 is 0. The molecule has 1 amide bonds. The van der Waals surface area contributed by atoms with E-state index in [2.05, 4.69) is 5.48 Å². The Labute approximate surface area is 81.8 Å². The summed E-state index contributed by atoms with van der Waals surface area (Å²) in [5.74, 6) is 0.210. The molecule has 0 fully saturated rings. The Balaban J connectivity index is 2.64. The normalized spacial score (nSPS) is 9.29. The van der Waals surface area contributed by atoms with Gasteiger partial charge in [0.25, 0.3) is 0 Å². The summed E-state index contributed by atoms with van der Waals surface area (Å²) in [7, 11) is 0. The molecular weight excluding hydrogens is 182 g/mol. The number of rotatable bonds is 3. The zero-order valence-corrected chi connectivity index (χ0v) is 8.03. The van der Waals surface area contributed by atoms with Crippen molar-refractivity contribution in [2.45, 2.75) is 13.8 Å². The van der Waals surface area contributed by atoms with E-state index in [1.807, 2.05) is 0 Å². The molecular formula is C10H11NO3. The van der Waals surface area contributed by atoms with Crippen LogP contribution >= 0.6 is 0 Å². The number of benzene rings is 1. The van der Waals surface area contributed by atoms with E-state index in [1.54, 1.807) is 24.3 Å². The van der Waals surface area contributed by atoms with Crippen molar-refractivity contribution >= 4 is 11.7 Å². The van der Waals surface area contributed by atoms with E-state index in [0.717, 1.165) is 0 Å². The van der Waals surface area contributed by atoms with Crippen LogP contribution in [0.25, 0.3) is 0 Å². The number of carbonyl (C=O) groups is 2. The predicted molar refractivity (Wildman–Crippen MR) is 50.9 cm³/mol. The molecule has 0 aliphatic carbocycles. The minimum atomic E-state index is -0.277. The van der Waals surface area contributed by atoms with E-state index >= 15 is 0 Å². The molecule has 0 atom stereocenters. The molecule has 1 N–H and O–H groups in total. The lowest BCUT2D eigenvalue weighted by atomic mass is 10.1. The fraction of sp³-hybridized carbons (Fsp3) is 0.200. The van der Waals surface area contributed by atoms with Gasteiger partial charge < -0.3 is 4.84 Å². The van der Waals surface area contributed by atoms with Gasteiger partial charge >= 0.3 is 0 Å². The van der Waals surface area contributed by atoms with Crippen molar-refractivity contribution < 1.29 is 14.4 Å². The zero-order chi connectivity index (χ0) is 10.6. The molecule has 0 saturated carbocycles. The highest BCUT2D eigenvalue weighted by atomic mass is 16.7. The second-order valence-corrected chi connectivity index (χ2v) is 2.84. The van der Waals surface area contributed by atoms with Crippen molar-refractivity contribution in [1.82, 2.24) is 5.48 Å². The number of hydroxylamine groups is 1. The van der Waals surface area contributed by atoms with Crippen LogP contribution in [0.15, 0.2) is 24.3 Å². The maximum Gasteiger partial charge on any atom is 0.249 e. The largest absolute Gasteiger partial charge is 0.380 e. The lowest BCUT2D eigenvalue weighted by Gasteiger charge is -2.04. The summed E-state index contributed by atoms with van der Waals surface area (Å²) in [6.07, 6.45) is 0. The molecule has 14 heavy (non-hydrogen) atoms. The van der Waals surface area contributed by atoms with Gasteiger partial charge in [0.2, 0.25) is 5.91 Å². The van der Waals surface area contributed by atoms with E-state index in [0.29, 0.717) is 11.3 Å². The van der Waals surface area contributed by atoms with Crippen LogP contribution in [0.5, 0.6) is 5.75 Å². The molecule has 0 spiro atoms. The van der Waals surface area contributed by atoms with Crippen LogP contribution in [0, 0.1) is 0 Å². The standard InChI is InChI=1S/C10H11NO3/c1-7(12)9-3-5-10(6-4-9)14-11-8(2)13/h3-6H,1-2H3,(H,11,13). The number of Topliss-reactive ketones (excluding diaryl/α,β-unsaturated/α-hetero) is 1. The van der Waals surface area contributed by atoms with E-state index in [1.165, 1.54) is 13.8 Å². The monoisotopic (exact) mass is 193 g/mol. The molecule has 0 bridgehead atoms. The number of hydrogen-bond acceptors (Lipinski definition) is 3. The van der Waals surface area contributed by atoms with Crippen LogP contribution in [0.4, 0.5) is 0 Å². The molecule has 1 rings (SSSR count). The lowest BCUT2D eigenvalue weighted by molar-refractivity contribution is -0.125. The van der Waals surface area contributed by atoms with Gasteiger partial charge in [-0.3, -0.25) is 9.59 Å². The molecule has 0 aromatic heterocycles. The van der Waals surface area contributed by atoms with Crippen LogP contribution in [0.2, 0.25) is 0 Å². The van der Waals surface area contributed by atoms with Crippen molar-refractivity contribution in [3.8, 4) is 5.75 Å². The molecule has 0 unspecified atom stereocenters. The average Bonchev–Trinajstić information content (AvgIpc) is 2.15. The van der Waals surface area contributed by atoms with Crippen molar-refractivity contribution in [3.63, 3.8) is 0 Å². The first-order valence-corrected chi connectivity index (χ1v) is 4.14. The quantitative estimate of drug-likeness (QED) is 0.581. The van der Waals surface area contributed by atoms with Gasteiger partial charge in [-0.25, -0.2) is 0 Å². The van der Waals surface area contributed by atoms with Gasteiger partial charge in [-0.2, -0.15) is 5.48 Å². The van der Waals surface area contributed by atoms with E-state index < -0.39 is 0 Å². The van der Waals surface area contributed by atoms with Crippen LogP contribution < -0.4 is 10.3 Å². The highest BCUT2D eigenvalue weighted by Crippen LogP contribution is 2.11. The zero-order valence-electron chi connectivity index (χ0n) is 8.03.